The van der Waals surface area contributed by atoms with Crippen molar-refractivity contribution in [2.75, 3.05) is 26.2 Å². The molecule has 1 fully saturated rings. The molecule has 0 bridgehead atoms. The van der Waals surface area contributed by atoms with Gasteiger partial charge in [0, 0.05) is 36.7 Å². The van der Waals surface area contributed by atoms with Crippen LogP contribution in [-0.4, -0.2) is 31.1 Å². The van der Waals surface area contributed by atoms with Gasteiger partial charge in [-0.1, -0.05) is 54.2 Å². The first-order valence-corrected chi connectivity index (χ1v) is 8.72. The van der Waals surface area contributed by atoms with Crippen LogP contribution in [0.2, 0.25) is 0 Å². The number of aryl methyl sites for hydroxylation is 1. The fourth-order valence-corrected chi connectivity index (χ4v) is 3.78. The number of hydrogen-bond acceptors (Lipinski definition) is 2. The second kappa shape index (κ2) is 11.7. The monoisotopic (exact) mass is 410 g/mol. The lowest BCUT2D eigenvalue weighted by molar-refractivity contribution is 0.162. The highest BCUT2D eigenvalue weighted by Crippen LogP contribution is 2.32. The number of piperazine rings is 1. The molecule has 1 aliphatic rings. The molecule has 22 heavy (non-hydrogen) atoms. The summed E-state index contributed by atoms with van der Waals surface area (Å²) < 4.78 is 1.28. The van der Waals surface area contributed by atoms with Crippen molar-refractivity contribution in [3.63, 3.8) is 0 Å². The van der Waals surface area contributed by atoms with Gasteiger partial charge < -0.3 is 5.32 Å². The van der Waals surface area contributed by atoms with E-state index < -0.39 is 0 Å². The van der Waals surface area contributed by atoms with Gasteiger partial charge in [0.2, 0.25) is 0 Å². The Morgan fingerprint density at radius 1 is 1.18 bits per heavy atom. The van der Waals surface area contributed by atoms with Crippen molar-refractivity contribution in [1.82, 2.24) is 10.2 Å². The zero-order valence-electron chi connectivity index (χ0n) is 13.6. The smallest absolute Gasteiger partial charge is 0.0360 e. The van der Waals surface area contributed by atoms with Crippen molar-refractivity contribution in [2.45, 2.75) is 45.6 Å². The fourth-order valence-electron chi connectivity index (χ4n) is 3.02. The third kappa shape index (κ3) is 6.37. The number of unbranched alkanes of at least 4 members (excludes halogenated alkanes) is 2. The molecule has 2 nitrogen and oxygen atoms in total. The predicted molar refractivity (Wildman–Crippen MR) is 105 cm³/mol. The van der Waals surface area contributed by atoms with Crippen molar-refractivity contribution >= 4 is 40.7 Å². The largest absolute Gasteiger partial charge is 0.314 e. The molecule has 128 valence electrons. The zero-order valence-corrected chi connectivity index (χ0v) is 16.8. The van der Waals surface area contributed by atoms with Gasteiger partial charge in [-0.15, -0.1) is 24.8 Å². The highest BCUT2D eigenvalue weighted by molar-refractivity contribution is 9.10. The standard InChI is InChI=1S/C17H27BrN2.2ClH/c1-3-4-5-6-17(20-11-9-19-10-12-20)15-8-7-14(2)13-16(15)18;;/h7-8,13,17,19H,3-6,9-12H2,1-2H3;2*1H/t17-;;/m0../s1. The zero-order chi connectivity index (χ0) is 14.4. The van der Waals surface area contributed by atoms with Crippen LogP contribution in [0.5, 0.6) is 0 Å². The van der Waals surface area contributed by atoms with Crippen molar-refractivity contribution < 1.29 is 0 Å². The van der Waals surface area contributed by atoms with Gasteiger partial charge >= 0.3 is 0 Å². The third-order valence-electron chi connectivity index (χ3n) is 4.19. The molecule has 0 aromatic heterocycles. The first-order chi connectivity index (χ1) is 9.72. The predicted octanol–water partition coefficient (Wildman–Crippen LogP) is 5.13. The summed E-state index contributed by atoms with van der Waals surface area (Å²) in [7, 11) is 0. The Morgan fingerprint density at radius 2 is 1.86 bits per heavy atom. The molecule has 2 rings (SSSR count). The molecular weight excluding hydrogens is 383 g/mol. The summed E-state index contributed by atoms with van der Waals surface area (Å²) in [6.45, 7) is 9.00. The molecule has 1 heterocycles. The van der Waals surface area contributed by atoms with E-state index in [4.69, 9.17) is 0 Å². The van der Waals surface area contributed by atoms with Gasteiger partial charge in [-0.3, -0.25) is 4.90 Å². The third-order valence-corrected chi connectivity index (χ3v) is 4.88. The normalized spacial score (nSPS) is 16.5. The molecule has 1 aromatic rings. The van der Waals surface area contributed by atoms with E-state index >= 15 is 0 Å². The minimum absolute atomic E-state index is 0. The molecular formula is C17H29BrCl2N2. The molecule has 0 spiro atoms. The molecule has 0 unspecified atom stereocenters. The first kappa shape index (κ1) is 22.2. The van der Waals surface area contributed by atoms with Gasteiger partial charge in [-0.25, -0.2) is 0 Å². The molecule has 1 aromatic carbocycles. The van der Waals surface area contributed by atoms with Gasteiger partial charge in [0.1, 0.15) is 0 Å². The summed E-state index contributed by atoms with van der Waals surface area (Å²) in [5, 5.41) is 3.46. The maximum atomic E-state index is 3.78. The van der Waals surface area contributed by atoms with Crippen LogP contribution in [0.25, 0.3) is 0 Å². The maximum Gasteiger partial charge on any atom is 0.0360 e. The summed E-state index contributed by atoms with van der Waals surface area (Å²) in [5.74, 6) is 0. The number of rotatable bonds is 6. The van der Waals surface area contributed by atoms with E-state index in [1.54, 1.807) is 0 Å². The highest BCUT2D eigenvalue weighted by atomic mass is 79.9. The Morgan fingerprint density at radius 3 is 2.45 bits per heavy atom. The Kier molecular flexibility index (Phi) is 11.8. The average Bonchev–Trinajstić information content (AvgIpc) is 2.46. The summed E-state index contributed by atoms with van der Waals surface area (Å²) >= 11 is 3.78. The van der Waals surface area contributed by atoms with E-state index in [9.17, 15) is 0 Å². The van der Waals surface area contributed by atoms with E-state index in [0.717, 1.165) is 26.2 Å². The van der Waals surface area contributed by atoms with Crippen molar-refractivity contribution in [1.29, 1.82) is 0 Å². The molecule has 0 radical (unpaired) electrons. The maximum absolute atomic E-state index is 3.78. The highest BCUT2D eigenvalue weighted by Gasteiger charge is 2.23. The van der Waals surface area contributed by atoms with Crippen LogP contribution in [0.15, 0.2) is 22.7 Å². The van der Waals surface area contributed by atoms with Crippen molar-refractivity contribution in [2.24, 2.45) is 0 Å². The van der Waals surface area contributed by atoms with Crippen LogP contribution in [-0.2, 0) is 0 Å². The fraction of sp³-hybridized carbons (Fsp3) is 0.647. The number of halogens is 3. The Labute approximate surface area is 156 Å². The van der Waals surface area contributed by atoms with Crippen molar-refractivity contribution in [3.8, 4) is 0 Å². The lowest BCUT2D eigenvalue weighted by atomic mass is 9.97. The number of nitrogens with one attached hydrogen (secondary N) is 1. The number of benzene rings is 1. The van der Waals surface area contributed by atoms with Crippen LogP contribution in [0, 0.1) is 6.92 Å². The molecule has 0 saturated carbocycles. The van der Waals surface area contributed by atoms with E-state index in [1.165, 1.54) is 41.3 Å². The SMILES string of the molecule is CCCCC[C@@H](c1ccc(C)cc1Br)N1CCNCC1.Cl.Cl. The van der Waals surface area contributed by atoms with Crippen LogP contribution in [0.3, 0.4) is 0 Å². The molecule has 1 aliphatic heterocycles. The lowest BCUT2D eigenvalue weighted by Crippen LogP contribution is -2.45. The quantitative estimate of drug-likeness (QED) is 0.652. The van der Waals surface area contributed by atoms with Gasteiger partial charge in [0.25, 0.3) is 0 Å². The Hall–Kier alpha value is 0.200. The molecule has 0 aliphatic carbocycles. The summed E-state index contributed by atoms with van der Waals surface area (Å²) in [4.78, 5) is 2.65. The minimum Gasteiger partial charge on any atom is -0.314 e. The van der Waals surface area contributed by atoms with E-state index in [-0.39, 0.29) is 24.8 Å². The Bertz CT molecular complexity index is 423. The lowest BCUT2D eigenvalue weighted by Gasteiger charge is -2.36. The topological polar surface area (TPSA) is 15.3 Å². The average molecular weight is 412 g/mol. The molecule has 5 heteroatoms. The minimum atomic E-state index is 0. The van der Waals surface area contributed by atoms with Gasteiger partial charge in [-0.05, 0) is 30.5 Å². The second-order valence-corrected chi connectivity index (χ2v) is 6.68. The van der Waals surface area contributed by atoms with Crippen LogP contribution in [0.4, 0.5) is 0 Å². The number of nitrogens with zero attached hydrogens (tertiary/aromatic N) is 1. The van der Waals surface area contributed by atoms with Crippen LogP contribution < -0.4 is 5.32 Å². The summed E-state index contributed by atoms with van der Waals surface area (Å²) in [6.07, 6.45) is 5.23. The van der Waals surface area contributed by atoms with Gasteiger partial charge in [-0.2, -0.15) is 0 Å². The second-order valence-electron chi connectivity index (χ2n) is 5.82. The summed E-state index contributed by atoms with van der Waals surface area (Å²) in [5.41, 5.74) is 2.79. The molecule has 1 saturated heterocycles. The van der Waals surface area contributed by atoms with E-state index in [2.05, 4.69) is 58.2 Å². The van der Waals surface area contributed by atoms with Crippen molar-refractivity contribution in [3.05, 3.63) is 33.8 Å². The van der Waals surface area contributed by atoms with E-state index in [0.29, 0.717) is 6.04 Å². The van der Waals surface area contributed by atoms with Gasteiger partial charge in [0.15, 0.2) is 0 Å². The number of hydrogen-bond donors (Lipinski definition) is 1. The summed E-state index contributed by atoms with van der Waals surface area (Å²) in [6, 6.07) is 7.39. The molecule has 1 atom stereocenters. The first-order valence-electron chi connectivity index (χ1n) is 7.93. The molecule has 1 N–H and O–H groups in total. The molecule has 0 amide bonds. The van der Waals surface area contributed by atoms with E-state index in [1.807, 2.05) is 0 Å². The van der Waals surface area contributed by atoms with Crippen LogP contribution >= 0.6 is 40.7 Å². The van der Waals surface area contributed by atoms with Gasteiger partial charge in [0.05, 0.1) is 0 Å². The van der Waals surface area contributed by atoms with Crippen LogP contribution in [0.1, 0.15) is 49.8 Å². The Balaban J connectivity index is 0.00000220.